The van der Waals surface area contributed by atoms with Gasteiger partial charge in [0, 0.05) is 76.6 Å². The van der Waals surface area contributed by atoms with E-state index in [0.29, 0.717) is 42.5 Å². The van der Waals surface area contributed by atoms with Crippen molar-refractivity contribution in [2.75, 3.05) is 55.6 Å². The highest BCUT2D eigenvalue weighted by molar-refractivity contribution is 6.07. The Labute approximate surface area is 317 Å². The molecule has 1 unspecified atom stereocenters. The van der Waals surface area contributed by atoms with Crippen LogP contribution in [0.25, 0.3) is 0 Å². The first-order chi connectivity index (χ1) is 26.4. The SMILES string of the molecule is O=C1CCC(N2Cc3cc(N4CCN(CC5CCN(c6ccc([C@@H]7c8ccc(O)cc8CC[C@@H]7c7ccccc7)cc6)CC5)CC4)ncc3C2=O)C(=O)C1. The summed E-state index contributed by atoms with van der Waals surface area (Å²) in [6.45, 7) is 7.45. The monoisotopic (exact) mass is 723 g/mol. The number of piperidine rings is 1. The van der Waals surface area contributed by atoms with E-state index in [1.54, 1.807) is 11.1 Å². The number of piperazine rings is 1. The zero-order valence-corrected chi connectivity index (χ0v) is 30.9. The molecule has 1 saturated carbocycles. The summed E-state index contributed by atoms with van der Waals surface area (Å²) in [5, 5.41) is 10.2. The third kappa shape index (κ3) is 6.79. The standard InChI is InChI=1S/C45H49N5O4/c51-36-11-14-39-33(24-36)8-13-38(31-4-2-1-3-5-31)44(39)32-6-9-35(10-7-32)48-18-16-30(17-19-48)28-47-20-22-49(23-21-47)43-25-34-29-50(45(54)40(34)27-46-43)41-15-12-37(52)26-42(41)53/h1-7,9-11,14,24-25,27,30,38,41,44,51H,8,12-13,15-23,26,28-29H2/t38-,41?,44+/m1/s1. The summed E-state index contributed by atoms with van der Waals surface area (Å²) in [6.07, 6.45) is 6.82. The van der Waals surface area contributed by atoms with Gasteiger partial charge < -0.3 is 19.8 Å². The average molecular weight is 724 g/mol. The summed E-state index contributed by atoms with van der Waals surface area (Å²) in [4.78, 5) is 51.2. The van der Waals surface area contributed by atoms with Gasteiger partial charge in [0.1, 0.15) is 17.4 Å². The van der Waals surface area contributed by atoms with Gasteiger partial charge in [-0.25, -0.2) is 4.98 Å². The quantitative estimate of drug-likeness (QED) is 0.221. The fourth-order valence-electron chi connectivity index (χ4n) is 9.90. The summed E-state index contributed by atoms with van der Waals surface area (Å²) in [6, 6.07) is 27.7. The van der Waals surface area contributed by atoms with E-state index >= 15 is 0 Å². The first kappa shape index (κ1) is 34.7. The van der Waals surface area contributed by atoms with Crippen molar-refractivity contribution in [3.63, 3.8) is 0 Å². The molecule has 3 aromatic carbocycles. The van der Waals surface area contributed by atoms with Gasteiger partial charge in [0.2, 0.25) is 0 Å². The molecule has 2 saturated heterocycles. The molecule has 3 aliphatic heterocycles. The molecule has 5 aliphatic rings. The van der Waals surface area contributed by atoms with Crippen LogP contribution in [0.15, 0.2) is 85.1 Å². The van der Waals surface area contributed by atoms with E-state index in [2.05, 4.69) is 80.3 Å². The molecule has 9 nitrogen and oxygen atoms in total. The van der Waals surface area contributed by atoms with E-state index in [0.717, 1.165) is 70.0 Å². The van der Waals surface area contributed by atoms with Gasteiger partial charge in [0.25, 0.3) is 5.91 Å². The molecule has 278 valence electrons. The third-order valence-electron chi connectivity index (χ3n) is 12.9. The number of amides is 1. The highest BCUT2D eigenvalue weighted by atomic mass is 16.3. The Morgan fingerprint density at radius 2 is 1.50 bits per heavy atom. The van der Waals surface area contributed by atoms with Gasteiger partial charge in [-0.1, -0.05) is 48.5 Å². The Kier molecular flexibility index (Phi) is 9.43. The van der Waals surface area contributed by atoms with Crippen molar-refractivity contribution in [2.45, 2.75) is 69.4 Å². The van der Waals surface area contributed by atoms with Crippen molar-refractivity contribution in [2.24, 2.45) is 5.92 Å². The second-order valence-corrected chi connectivity index (χ2v) is 16.1. The van der Waals surface area contributed by atoms with Crippen LogP contribution in [0.3, 0.4) is 0 Å². The molecular formula is C45H49N5O4. The Bertz CT molecular complexity index is 2030. The Morgan fingerprint density at radius 1 is 0.722 bits per heavy atom. The lowest BCUT2D eigenvalue weighted by atomic mass is 9.69. The lowest BCUT2D eigenvalue weighted by Gasteiger charge is -2.40. The van der Waals surface area contributed by atoms with Crippen LogP contribution in [0.1, 0.15) is 88.5 Å². The zero-order valence-electron chi connectivity index (χ0n) is 30.9. The van der Waals surface area contributed by atoms with Crippen LogP contribution in [0.4, 0.5) is 11.5 Å². The van der Waals surface area contributed by atoms with Crippen molar-refractivity contribution < 1.29 is 19.5 Å². The molecule has 9 rings (SSSR count). The van der Waals surface area contributed by atoms with E-state index in [4.69, 9.17) is 0 Å². The van der Waals surface area contributed by atoms with Crippen molar-refractivity contribution >= 4 is 29.0 Å². The molecule has 0 spiro atoms. The largest absolute Gasteiger partial charge is 0.508 e. The maximum absolute atomic E-state index is 13.1. The summed E-state index contributed by atoms with van der Waals surface area (Å²) < 4.78 is 0. The Hall–Kier alpha value is -5.02. The predicted octanol–water partition coefficient (Wildman–Crippen LogP) is 6.33. The number of aromatic nitrogens is 1. The number of rotatable bonds is 7. The lowest BCUT2D eigenvalue weighted by Crippen LogP contribution is -2.49. The first-order valence-electron chi connectivity index (χ1n) is 19.9. The highest BCUT2D eigenvalue weighted by Gasteiger charge is 2.40. The molecule has 2 aliphatic carbocycles. The minimum Gasteiger partial charge on any atom is -0.508 e. The van der Waals surface area contributed by atoms with Crippen molar-refractivity contribution in [1.82, 2.24) is 14.8 Å². The molecule has 54 heavy (non-hydrogen) atoms. The number of carbonyl (C=O) groups excluding carboxylic acids is 3. The number of aryl methyl sites for hydroxylation is 1. The molecule has 0 bridgehead atoms. The zero-order chi connectivity index (χ0) is 36.8. The fourth-order valence-corrected chi connectivity index (χ4v) is 9.90. The number of phenols is 1. The molecule has 0 radical (unpaired) electrons. The minimum absolute atomic E-state index is 0.0290. The van der Waals surface area contributed by atoms with Crippen LogP contribution < -0.4 is 9.80 Å². The number of aromatic hydroxyl groups is 1. The summed E-state index contributed by atoms with van der Waals surface area (Å²) in [5.74, 6) is 2.28. The highest BCUT2D eigenvalue weighted by Crippen LogP contribution is 2.47. The second-order valence-electron chi connectivity index (χ2n) is 16.1. The maximum Gasteiger partial charge on any atom is 0.256 e. The van der Waals surface area contributed by atoms with Crippen LogP contribution in [0.5, 0.6) is 5.75 Å². The van der Waals surface area contributed by atoms with E-state index in [1.807, 2.05) is 18.2 Å². The van der Waals surface area contributed by atoms with Gasteiger partial charge in [-0.05, 0) is 102 Å². The smallest absolute Gasteiger partial charge is 0.256 e. The van der Waals surface area contributed by atoms with E-state index in [1.165, 1.54) is 40.8 Å². The fraction of sp³-hybridized carbons (Fsp3) is 0.422. The number of pyridine rings is 1. The molecular weight excluding hydrogens is 675 g/mol. The van der Waals surface area contributed by atoms with Crippen LogP contribution in [-0.4, -0.2) is 89.2 Å². The molecule has 4 heterocycles. The predicted molar refractivity (Wildman–Crippen MR) is 209 cm³/mol. The van der Waals surface area contributed by atoms with Gasteiger partial charge in [0.05, 0.1) is 18.0 Å². The number of ketones is 2. The van der Waals surface area contributed by atoms with Gasteiger partial charge in [-0.15, -0.1) is 0 Å². The summed E-state index contributed by atoms with van der Waals surface area (Å²) in [7, 11) is 0. The van der Waals surface area contributed by atoms with Crippen molar-refractivity contribution in [3.05, 3.63) is 118 Å². The van der Waals surface area contributed by atoms with Crippen molar-refractivity contribution in [1.29, 1.82) is 0 Å². The number of carbonyl (C=O) groups is 3. The molecule has 1 amide bonds. The van der Waals surface area contributed by atoms with E-state index in [9.17, 15) is 19.5 Å². The molecule has 1 N–H and O–H groups in total. The number of phenolic OH excluding ortho intramolecular Hbond substituents is 1. The number of fused-ring (bicyclic) bond motifs is 2. The number of benzene rings is 3. The average Bonchev–Trinajstić information content (AvgIpc) is 3.53. The lowest BCUT2D eigenvalue weighted by molar-refractivity contribution is -0.133. The number of anilines is 2. The second kappa shape index (κ2) is 14.7. The topological polar surface area (TPSA) is 97.3 Å². The van der Waals surface area contributed by atoms with Crippen LogP contribution in [-0.2, 0) is 22.6 Å². The number of hydrogen-bond acceptors (Lipinski definition) is 8. The molecule has 1 aromatic heterocycles. The number of hydrogen-bond donors (Lipinski definition) is 1. The normalized spacial score (nSPS) is 23.8. The summed E-state index contributed by atoms with van der Waals surface area (Å²) in [5.41, 5.74) is 8.13. The Morgan fingerprint density at radius 3 is 2.26 bits per heavy atom. The van der Waals surface area contributed by atoms with Gasteiger partial charge in [-0.3, -0.25) is 19.3 Å². The Balaban J connectivity index is 0.780. The summed E-state index contributed by atoms with van der Waals surface area (Å²) >= 11 is 0. The first-order valence-corrected chi connectivity index (χ1v) is 19.9. The molecule has 9 heteroatoms. The van der Waals surface area contributed by atoms with E-state index < -0.39 is 6.04 Å². The maximum atomic E-state index is 13.1. The third-order valence-corrected chi connectivity index (χ3v) is 12.9. The minimum atomic E-state index is -0.502. The van der Waals surface area contributed by atoms with Crippen molar-refractivity contribution in [3.8, 4) is 5.75 Å². The van der Waals surface area contributed by atoms with Gasteiger partial charge >= 0.3 is 0 Å². The van der Waals surface area contributed by atoms with Gasteiger partial charge in [0.15, 0.2) is 5.78 Å². The molecule has 3 atom stereocenters. The van der Waals surface area contributed by atoms with Crippen LogP contribution in [0.2, 0.25) is 0 Å². The number of Topliss-reactive ketones (excluding diaryl/α,β-unsaturated/α-hetero) is 2. The van der Waals surface area contributed by atoms with Crippen LogP contribution >= 0.6 is 0 Å². The molecule has 3 fully saturated rings. The molecule has 4 aromatic rings. The van der Waals surface area contributed by atoms with Crippen LogP contribution in [0, 0.1) is 5.92 Å². The number of nitrogens with zero attached hydrogens (tertiary/aromatic N) is 5. The van der Waals surface area contributed by atoms with Gasteiger partial charge in [-0.2, -0.15) is 0 Å². The van der Waals surface area contributed by atoms with E-state index in [-0.39, 0.29) is 29.8 Å².